The monoisotopic (exact) mass is 276 g/mol. The van der Waals surface area contributed by atoms with Crippen molar-refractivity contribution in [1.82, 2.24) is 0 Å². The Kier molecular flexibility index (Phi) is 5.08. The SMILES string of the molecule is CCC(=C(C(=O)O)C(=O)O)c1c(C)ccc(CC)c1C. The Labute approximate surface area is 118 Å². The Hall–Kier alpha value is -2.10. The summed E-state index contributed by atoms with van der Waals surface area (Å²) in [6.45, 7) is 7.59. The maximum atomic E-state index is 11.3. The lowest BCUT2D eigenvalue weighted by atomic mass is 9.87. The van der Waals surface area contributed by atoms with E-state index in [9.17, 15) is 19.8 Å². The number of aryl methyl sites for hydroxylation is 2. The molecule has 0 fully saturated rings. The van der Waals surface area contributed by atoms with Gasteiger partial charge in [0.25, 0.3) is 0 Å². The van der Waals surface area contributed by atoms with Gasteiger partial charge in [0.1, 0.15) is 5.57 Å². The number of rotatable bonds is 5. The van der Waals surface area contributed by atoms with Crippen molar-refractivity contribution in [2.75, 3.05) is 0 Å². The number of aliphatic carboxylic acids is 2. The van der Waals surface area contributed by atoms with E-state index in [2.05, 4.69) is 0 Å². The normalized spacial score (nSPS) is 10.2. The van der Waals surface area contributed by atoms with Gasteiger partial charge < -0.3 is 10.2 Å². The molecule has 0 unspecified atom stereocenters. The van der Waals surface area contributed by atoms with Crippen molar-refractivity contribution in [3.05, 3.63) is 40.0 Å². The first-order chi connectivity index (χ1) is 9.34. The molecule has 0 bridgehead atoms. The predicted octanol–water partition coefficient (Wildman–Crippen LogP) is 3.20. The highest BCUT2D eigenvalue weighted by molar-refractivity contribution is 6.18. The molecule has 2 N–H and O–H groups in total. The molecule has 4 heteroatoms. The molecule has 0 radical (unpaired) electrons. The Bertz CT molecular complexity index is 566. The van der Waals surface area contributed by atoms with Crippen LogP contribution in [0.25, 0.3) is 5.57 Å². The molecule has 0 saturated heterocycles. The van der Waals surface area contributed by atoms with Crippen LogP contribution in [0.15, 0.2) is 17.7 Å². The topological polar surface area (TPSA) is 74.6 Å². The molecular formula is C16H20O4. The lowest BCUT2D eigenvalue weighted by Gasteiger charge is -2.17. The Balaban J connectivity index is 3.74. The summed E-state index contributed by atoms with van der Waals surface area (Å²) in [4.78, 5) is 22.5. The highest BCUT2D eigenvalue weighted by atomic mass is 16.4. The molecule has 0 saturated carbocycles. The van der Waals surface area contributed by atoms with Gasteiger partial charge in [-0.2, -0.15) is 0 Å². The molecule has 108 valence electrons. The zero-order valence-corrected chi connectivity index (χ0v) is 12.3. The standard InChI is InChI=1S/C16H20O4/c1-5-11-8-7-9(3)13(10(11)4)12(6-2)14(15(17)18)16(19)20/h7-8H,5-6H2,1-4H3,(H,17,18)(H,19,20). The summed E-state index contributed by atoms with van der Waals surface area (Å²) in [7, 11) is 0. The van der Waals surface area contributed by atoms with Gasteiger partial charge in [-0.15, -0.1) is 0 Å². The first kappa shape index (κ1) is 16.0. The van der Waals surface area contributed by atoms with Gasteiger partial charge in [-0.3, -0.25) is 0 Å². The second kappa shape index (κ2) is 6.37. The summed E-state index contributed by atoms with van der Waals surface area (Å²) in [5.41, 5.74) is 3.57. The highest BCUT2D eigenvalue weighted by Gasteiger charge is 2.24. The van der Waals surface area contributed by atoms with E-state index >= 15 is 0 Å². The predicted molar refractivity (Wildman–Crippen MR) is 77.8 cm³/mol. The molecule has 0 aliphatic rings. The molecule has 1 aromatic carbocycles. The third-order valence-corrected chi connectivity index (χ3v) is 3.55. The quantitative estimate of drug-likeness (QED) is 0.492. The van der Waals surface area contributed by atoms with E-state index in [0.717, 1.165) is 28.7 Å². The van der Waals surface area contributed by atoms with E-state index in [0.29, 0.717) is 12.0 Å². The smallest absolute Gasteiger partial charge is 0.343 e. The second-order valence-electron chi connectivity index (χ2n) is 4.71. The number of hydrogen-bond donors (Lipinski definition) is 2. The maximum Gasteiger partial charge on any atom is 0.343 e. The van der Waals surface area contributed by atoms with Crippen molar-refractivity contribution in [3.8, 4) is 0 Å². The summed E-state index contributed by atoms with van der Waals surface area (Å²) in [6.07, 6.45) is 1.19. The molecule has 1 aromatic rings. The van der Waals surface area contributed by atoms with Crippen LogP contribution in [0.3, 0.4) is 0 Å². The number of hydrogen-bond acceptors (Lipinski definition) is 2. The van der Waals surface area contributed by atoms with Crippen LogP contribution in [-0.2, 0) is 16.0 Å². The second-order valence-corrected chi connectivity index (χ2v) is 4.71. The van der Waals surface area contributed by atoms with Gasteiger partial charge >= 0.3 is 11.9 Å². The van der Waals surface area contributed by atoms with E-state index in [1.807, 2.05) is 32.9 Å². The van der Waals surface area contributed by atoms with Crippen LogP contribution in [0.1, 0.15) is 42.5 Å². The van der Waals surface area contributed by atoms with E-state index in [1.165, 1.54) is 0 Å². The fourth-order valence-electron chi connectivity index (χ4n) is 2.57. The fourth-order valence-corrected chi connectivity index (χ4v) is 2.57. The van der Waals surface area contributed by atoms with Gasteiger partial charge in [0.2, 0.25) is 0 Å². The van der Waals surface area contributed by atoms with Crippen LogP contribution in [0.5, 0.6) is 0 Å². The molecule has 0 spiro atoms. The van der Waals surface area contributed by atoms with Crippen LogP contribution in [0, 0.1) is 13.8 Å². The summed E-state index contributed by atoms with van der Waals surface area (Å²) in [6, 6.07) is 3.92. The van der Waals surface area contributed by atoms with Gasteiger partial charge in [-0.05, 0) is 54.5 Å². The van der Waals surface area contributed by atoms with Crippen molar-refractivity contribution in [2.45, 2.75) is 40.5 Å². The number of allylic oxidation sites excluding steroid dienone is 1. The Morgan fingerprint density at radius 3 is 2.00 bits per heavy atom. The lowest BCUT2D eigenvalue weighted by molar-refractivity contribution is -0.140. The maximum absolute atomic E-state index is 11.3. The van der Waals surface area contributed by atoms with E-state index in [1.54, 1.807) is 6.92 Å². The van der Waals surface area contributed by atoms with Crippen molar-refractivity contribution < 1.29 is 19.8 Å². The van der Waals surface area contributed by atoms with Gasteiger partial charge in [0.05, 0.1) is 0 Å². The molecule has 0 aromatic heterocycles. The fraction of sp³-hybridized carbons (Fsp3) is 0.375. The van der Waals surface area contributed by atoms with Crippen LogP contribution >= 0.6 is 0 Å². The number of benzene rings is 1. The number of carboxylic acids is 2. The minimum atomic E-state index is -1.39. The summed E-state index contributed by atoms with van der Waals surface area (Å²) in [5, 5.41) is 18.4. The third kappa shape index (κ3) is 2.90. The van der Waals surface area contributed by atoms with Crippen molar-refractivity contribution in [3.63, 3.8) is 0 Å². The highest BCUT2D eigenvalue weighted by Crippen LogP contribution is 2.31. The average Bonchev–Trinajstić information content (AvgIpc) is 2.36. The lowest BCUT2D eigenvalue weighted by Crippen LogP contribution is -2.15. The van der Waals surface area contributed by atoms with Gasteiger partial charge in [0, 0.05) is 0 Å². The van der Waals surface area contributed by atoms with Crippen molar-refractivity contribution in [2.24, 2.45) is 0 Å². The van der Waals surface area contributed by atoms with E-state index < -0.39 is 17.5 Å². The molecule has 0 atom stereocenters. The average molecular weight is 276 g/mol. The summed E-state index contributed by atoms with van der Waals surface area (Å²) in [5.74, 6) is -2.79. The Morgan fingerprint density at radius 1 is 1.05 bits per heavy atom. The minimum absolute atomic E-state index is 0.364. The zero-order chi connectivity index (χ0) is 15.4. The Morgan fingerprint density at radius 2 is 1.60 bits per heavy atom. The molecule has 0 aliphatic heterocycles. The first-order valence-corrected chi connectivity index (χ1v) is 6.64. The number of carbonyl (C=O) groups is 2. The molecule has 0 amide bonds. The van der Waals surface area contributed by atoms with E-state index in [-0.39, 0.29) is 0 Å². The molecule has 0 aliphatic carbocycles. The van der Waals surface area contributed by atoms with Crippen LogP contribution in [-0.4, -0.2) is 22.2 Å². The van der Waals surface area contributed by atoms with Crippen molar-refractivity contribution >= 4 is 17.5 Å². The van der Waals surface area contributed by atoms with Crippen molar-refractivity contribution in [1.29, 1.82) is 0 Å². The van der Waals surface area contributed by atoms with Crippen LogP contribution in [0.2, 0.25) is 0 Å². The third-order valence-electron chi connectivity index (χ3n) is 3.55. The van der Waals surface area contributed by atoms with Gasteiger partial charge in [0.15, 0.2) is 0 Å². The van der Waals surface area contributed by atoms with Gasteiger partial charge in [-0.1, -0.05) is 26.0 Å². The minimum Gasteiger partial charge on any atom is -0.477 e. The first-order valence-electron chi connectivity index (χ1n) is 6.64. The number of carboxylic acid groups (broad SMARTS) is 2. The zero-order valence-electron chi connectivity index (χ0n) is 12.3. The van der Waals surface area contributed by atoms with Gasteiger partial charge in [-0.25, -0.2) is 9.59 Å². The largest absolute Gasteiger partial charge is 0.477 e. The molecule has 0 heterocycles. The molecular weight excluding hydrogens is 256 g/mol. The van der Waals surface area contributed by atoms with Crippen LogP contribution < -0.4 is 0 Å². The summed E-state index contributed by atoms with van der Waals surface area (Å²) >= 11 is 0. The molecule has 4 nitrogen and oxygen atoms in total. The van der Waals surface area contributed by atoms with E-state index in [4.69, 9.17) is 0 Å². The molecule has 1 rings (SSSR count). The molecule has 20 heavy (non-hydrogen) atoms. The summed E-state index contributed by atoms with van der Waals surface area (Å²) < 4.78 is 0. The van der Waals surface area contributed by atoms with Crippen LogP contribution in [0.4, 0.5) is 0 Å².